The van der Waals surface area contributed by atoms with Crippen LogP contribution in [0.4, 0.5) is 13.2 Å². The van der Waals surface area contributed by atoms with E-state index in [2.05, 4.69) is 0 Å². The van der Waals surface area contributed by atoms with Crippen molar-refractivity contribution in [2.24, 2.45) is 0 Å². The molecule has 0 aromatic heterocycles. The molecule has 122 valence electrons. The summed E-state index contributed by atoms with van der Waals surface area (Å²) in [6.45, 7) is 2.12. The Kier molecular flexibility index (Phi) is 5.02. The van der Waals surface area contributed by atoms with Gasteiger partial charge in [-0.05, 0) is 44.4 Å². The molecule has 1 aliphatic heterocycles. The van der Waals surface area contributed by atoms with E-state index in [1.165, 1.54) is 11.0 Å². The van der Waals surface area contributed by atoms with E-state index in [1.807, 2.05) is 0 Å². The van der Waals surface area contributed by atoms with Gasteiger partial charge in [-0.15, -0.1) is 0 Å². The minimum Gasteiger partial charge on any atom is -0.393 e. The van der Waals surface area contributed by atoms with Gasteiger partial charge in [-0.3, -0.25) is 4.79 Å². The van der Waals surface area contributed by atoms with Crippen molar-refractivity contribution >= 4 is 17.5 Å². The van der Waals surface area contributed by atoms with Gasteiger partial charge in [-0.2, -0.15) is 13.2 Å². The molecule has 0 spiro atoms. The number of rotatable bonds is 3. The summed E-state index contributed by atoms with van der Waals surface area (Å²) >= 11 is 5.56. The number of halogens is 4. The summed E-state index contributed by atoms with van der Waals surface area (Å²) in [5.41, 5.74) is -1.04. The molecule has 0 bridgehead atoms. The highest BCUT2D eigenvalue weighted by Gasteiger charge is 2.35. The van der Waals surface area contributed by atoms with E-state index in [0.717, 1.165) is 25.0 Å². The van der Waals surface area contributed by atoms with E-state index >= 15 is 0 Å². The second-order valence-electron chi connectivity index (χ2n) is 5.57. The van der Waals surface area contributed by atoms with Crippen LogP contribution in [0, 0.1) is 0 Å². The number of carbonyl (C=O) groups is 1. The standard InChI is InChI=1S/C15H17ClF3NO2/c1-9(21)7-11-3-2-6-20(11)14(22)10-4-5-13(16)12(8-10)15(17,18)19/h4-5,8-9,11,21H,2-3,6-7H2,1H3. The Morgan fingerprint density at radius 2 is 2.18 bits per heavy atom. The van der Waals surface area contributed by atoms with Crippen LogP contribution < -0.4 is 0 Å². The molecule has 1 fully saturated rings. The lowest BCUT2D eigenvalue weighted by atomic mass is 10.1. The van der Waals surface area contributed by atoms with Crippen LogP contribution in [0.2, 0.25) is 5.02 Å². The van der Waals surface area contributed by atoms with Gasteiger partial charge in [-0.25, -0.2) is 0 Å². The van der Waals surface area contributed by atoms with E-state index in [0.29, 0.717) is 13.0 Å². The number of alkyl halides is 3. The first kappa shape index (κ1) is 17.1. The average molecular weight is 336 g/mol. The largest absolute Gasteiger partial charge is 0.417 e. The van der Waals surface area contributed by atoms with Crippen molar-refractivity contribution in [1.29, 1.82) is 0 Å². The van der Waals surface area contributed by atoms with Crippen LogP contribution in [0.15, 0.2) is 18.2 Å². The lowest BCUT2D eigenvalue weighted by molar-refractivity contribution is -0.137. The minimum absolute atomic E-state index is 0.0331. The summed E-state index contributed by atoms with van der Waals surface area (Å²) in [6.07, 6.45) is -3.21. The zero-order valence-electron chi connectivity index (χ0n) is 12.0. The van der Waals surface area contributed by atoms with Crippen LogP contribution in [0.25, 0.3) is 0 Å². The molecule has 0 saturated carbocycles. The van der Waals surface area contributed by atoms with Crippen molar-refractivity contribution < 1.29 is 23.1 Å². The fraction of sp³-hybridized carbons (Fsp3) is 0.533. The second-order valence-corrected chi connectivity index (χ2v) is 5.98. The average Bonchev–Trinajstić information content (AvgIpc) is 2.84. The molecule has 0 radical (unpaired) electrons. The van der Waals surface area contributed by atoms with Crippen molar-refractivity contribution in [3.8, 4) is 0 Å². The van der Waals surface area contributed by atoms with Gasteiger partial charge in [0.25, 0.3) is 5.91 Å². The summed E-state index contributed by atoms with van der Waals surface area (Å²) in [6, 6.07) is 3.05. The third-order valence-electron chi connectivity index (χ3n) is 3.77. The maximum atomic E-state index is 12.9. The highest BCUT2D eigenvalue weighted by molar-refractivity contribution is 6.31. The fourth-order valence-corrected chi connectivity index (χ4v) is 3.01. The Morgan fingerprint density at radius 3 is 2.77 bits per heavy atom. The van der Waals surface area contributed by atoms with Crippen LogP contribution in [0.1, 0.15) is 42.1 Å². The predicted octanol–water partition coefficient (Wildman–Crippen LogP) is 3.73. The van der Waals surface area contributed by atoms with Crippen LogP contribution in [-0.2, 0) is 6.18 Å². The maximum absolute atomic E-state index is 12.9. The molecule has 1 aromatic rings. The van der Waals surface area contributed by atoms with Crippen LogP contribution >= 0.6 is 11.6 Å². The van der Waals surface area contributed by atoms with E-state index < -0.39 is 28.8 Å². The molecule has 1 aliphatic rings. The van der Waals surface area contributed by atoms with Gasteiger partial charge in [0.15, 0.2) is 0 Å². The van der Waals surface area contributed by atoms with Gasteiger partial charge in [0.1, 0.15) is 0 Å². The molecule has 3 nitrogen and oxygen atoms in total. The zero-order chi connectivity index (χ0) is 16.5. The molecule has 7 heteroatoms. The number of amides is 1. The van der Waals surface area contributed by atoms with Gasteiger partial charge < -0.3 is 10.0 Å². The van der Waals surface area contributed by atoms with Crippen molar-refractivity contribution in [3.05, 3.63) is 34.3 Å². The van der Waals surface area contributed by atoms with E-state index in [-0.39, 0.29) is 11.6 Å². The molecular formula is C15H17ClF3NO2. The van der Waals surface area contributed by atoms with Crippen molar-refractivity contribution in [1.82, 2.24) is 4.90 Å². The van der Waals surface area contributed by atoms with Crippen LogP contribution in [0.5, 0.6) is 0 Å². The number of carbonyl (C=O) groups excluding carboxylic acids is 1. The Morgan fingerprint density at radius 1 is 1.50 bits per heavy atom. The van der Waals surface area contributed by atoms with Crippen LogP contribution in [-0.4, -0.2) is 34.6 Å². The normalized spacial score (nSPS) is 20.3. The maximum Gasteiger partial charge on any atom is 0.417 e. The molecule has 1 aromatic carbocycles. The Hall–Kier alpha value is -1.27. The summed E-state index contributed by atoms with van der Waals surface area (Å²) in [7, 11) is 0. The Balaban J connectivity index is 2.26. The van der Waals surface area contributed by atoms with Gasteiger partial charge in [-0.1, -0.05) is 11.6 Å². The molecule has 1 amide bonds. The van der Waals surface area contributed by atoms with Gasteiger partial charge in [0.2, 0.25) is 0 Å². The highest BCUT2D eigenvalue weighted by Crippen LogP contribution is 2.35. The third kappa shape index (κ3) is 3.73. The summed E-state index contributed by atoms with van der Waals surface area (Å²) in [5, 5.41) is 9.04. The zero-order valence-corrected chi connectivity index (χ0v) is 12.8. The number of aliphatic hydroxyl groups excluding tert-OH is 1. The van der Waals surface area contributed by atoms with Gasteiger partial charge >= 0.3 is 6.18 Å². The fourth-order valence-electron chi connectivity index (χ4n) is 2.78. The topological polar surface area (TPSA) is 40.5 Å². The Labute approximate surface area is 131 Å². The summed E-state index contributed by atoms with van der Waals surface area (Å²) < 4.78 is 38.6. The molecule has 1 heterocycles. The van der Waals surface area contributed by atoms with Gasteiger partial charge in [0, 0.05) is 18.2 Å². The number of nitrogens with zero attached hydrogens (tertiary/aromatic N) is 1. The van der Waals surface area contributed by atoms with Crippen molar-refractivity contribution in [2.75, 3.05) is 6.54 Å². The molecule has 2 rings (SSSR count). The first-order chi connectivity index (χ1) is 10.2. The molecule has 1 N–H and O–H groups in total. The SMILES string of the molecule is CC(O)CC1CCCN1C(=O)c1ccc(Cl)c(C(F)(F)F)c1. The molecule has 2 unspecified atom stereocenters. The lowest BCUT2D eigenvalue weighted by Gasteiger charge is -2.26. The summed E-state index contributed by atoms with van der Waals surface area (Å²) in [4.78, 5) is 14.0. The van der Waals surface area contributed by atoms with Crippen molar-refractivity contribution in [3.63, 3.8) is 0 Å². The number of hydrogen-bond donors (Lipinski definition) is 1. The molecular weight excluding hydrogens is 319 g/mol. The van der Waals surface area contributed by atoms with Crippen LogP contribution in [0.3, 0.4) is 0 Å². The van der Waals surface area contributed by atoms with E-state index in [4.69, 9.17) is 11.6 Å². The lowest BCUT2D eigenvalue weighted by Crippen LogP contribution is -2.37. The predicted molar refractivity (Wildman–Crippen MR) is 76.8 cm³/mol. The first-order valence-corrected chi connectivity index (χ1v) is 7.43. The number of benzene rings is 1. The highest BCUT2D eigenvalue weighted by atomic mass is 35.5. The number of likely N-dealkylation sites (tertiary alicyclic amines) is 1. The van der Waals surface area contributed by atoms with E-state index in [1.54, 1.807) is 6.92 Å². The molecule has 1 saturated heterocycles. The number of aliphatic hydroxyl groups is 1. The third-order valence-corrected chi connectivity index (χ3v) is 4.10. The van der Waals surface area contributed by atoms with E-state index in [9.17, 15) is 23.1 Å². The van der Waals surface area contributed by atoms with Crippen molar-refractivity contribution in [2.45, 2.75) is 44.5 Å². The molecule has 0 aliphatic carbocycles. The molecule has 22 heavy (non-hydrogen) atoms. The quantitative estimate of drug-likeness (QED) is 0.914. The number of hydrogen-bond acceptors (Lipinski definition) is 2. The summed E-state index contributed by atoms with van der Waals surface area (Å²) in [5.74, 6) is -0.453. The Bertz CT molecular complexity index is 560. The monoisotopic (exact) mass is 335 g/mol. The molecule has 2 atom stereocenters. The minimum atomic E-state index is -4.60. The van der Waals surface area contributed by atoms with Gasteiger partial charge in [0.05, 0.1) is 16.7 Å². The second kappa shape index (κ2) is 6.46. The first-order valence-electron chi connectivity index (χ1n) is 7.06. The smallest absolute Gasteiger partial charge is 0.393 e.